The molecule has 0 aliphatic carbocycles. The van der Waals surface area contributed by atoms with E-state index in [0.29, 0.717) is 23.8 Å². The van der Waals surface area contributed by atoms with Crippen LogP contribution in [0.25, 0.3) is 10.8 Å². The standard InChI is InChI=1S/C17H21N5O2/c1-23-11-3-4-12-10(7-14(24-2)16(19)13(12)8-11)9-22-15(18)5-6-21-17(22)20/h3-8,17H,9,18-20H2,1-2H3. The second kappa shape index (κ2) is 6.29. The summed E-state index contributed by atoms with van der Waals surface area (Å²) in [6.07, 6.45) is 2.82. The van der Waals surface area contributed by atoms with E-state index in [-0.39, 0.29) is 0 Å². The van der Waals surface area contributed by atoms with Crippen LogP contribution in [-0.2, 0) is 6.54 Å². The van der Waals surface area contributed by atoms with Crippen LogP contribution in [0, 0.1) is 0 Å². The molecule has 0 aromatic heterocycles. The number of methoxy groups -OCH3 is 2. The molecule has 0 bridgehead atoms. The SMILES string of the molecule is COc1ccc2c(CN3C(N)=CC=NC3N)cc(OC)c(N)c2c1. The van der Waals surface area contributed by atoms with Crippen molar-refractivity contribution in [2.75, 3.05) is 20.0 Å². The first-order valence-corrected chi connectivity index (χ1v) is 7.49. The molecule has 7 nitrogen and oxygen atoms in total. The Morgan fingerprint density at radius 3 is 2.58 bits per heavy atom. The van der Waals surface area contributed by atoms with Crippen LogP contribution in [0.5, 0.6) is 11.5 Å². The van der Waals surface area contributed by atoms with Gasteiger partial charge in [-0.3, -0.25) is 10.7 Å². The Morgan fingerprint density at radius 1 is 1.12 bits per heavy atom. The van der Waals surface area contributed by atoms with Crippen LogP contribution in [0.15, 0.2) is 41.2 Å². The van der Waals surface area contributed by atoms with Gasteiger partial charge in [0, 0.05) is 18.1 Å². The van der Waals surface area contributed by atoms with E-state index in [2.05, 4.69) is 4.99 Å². The highest BCUT2D eigenvalue weighted by Crippen LogP contribution is 2.36. The Morgan fingerprint density at radius 2 is 1.92 bits per heavy atom. The molecule has 0 saturated carbocycles. The highest BCUT2D eigenvalue weighted by molar-refractivity contribution is 5.99. The van der Waals surface area contributed by atoms with Crippen molar-refractivity contribution < 1.29 is 9.47 Å². The van der Waals surface area contributed by atoms with Gasteiger partial charge in [0.1, 0.15) is 17.3 Å². The Balaban J connectivity index is 2.12. The predicted octanol–water partition coefficient (Wildman–Crippen LogP) is 1.37. The highest BCUT2D eigenvalue weighted by atomic mass is 16.5. The molecule has 2 aromatic rings. The number of rotatable bonds is 4. The number of nitrogens with two attached hydrogens (primary N) is 3. The van der Waals surface area contributed by atoms with Gasteiger partial charge >= 0.3 is 0 Å². The van der Waals surface area contributed by atoms with Crippen molar-refractivity contribution in [2.24, 2.45) is 16.5 Å². The molecule has 1 unspecified atom stereocenters. The van der Waals surface area contributed by atoms with E-state index < -0.39 is 6.29 Å². The van der Waals surface area contributed by atoms with Crippen LogP contribution in [0.1, 0.15) is 5.56 Å². The molecule has 24 heavy (non-hydrogen) atoms. The summed E-state index contributed by atoms with van der Waals surface area (Å²) < 4.78 is 10.7. The molecule has 0 fully saturated rings. The van der Waals surface area contributed by atoms with Crippen molar-refractivity contribution >= 4 is 22.7 Å². The van der Waals surface area contributed by atoms with Crippen LogP contribution >= 0.6 is 0 Å². The molecule has 6 N–H and O–H groups in total. The maximum Gasteiger partial charge on any atom is 0.175 e. The van der Waals surface area contributed by atoms with Gasteiger partial charge in [-0.15, -0.1) is 0 Å². The molecule has 0 saturated heterocycles. The van der Waals surface area contributed by atoms with E-state index in [4.69, 9.17) is 26.7 Å². The van der Waals surface area contributed by atoms with Crippen LogP contribution in [-0.4, -0.2) is 31.6 Å². The van der Waals surface area contributed by atoms with Gasteiger partial charge < -0.3 is 25.8 Å². The third kappa shape index (κ3) is 2.69. The summed E-state index contributed by atoms with van der Waals surface area (Å²) in [7, 11) is 3.21. The number of fused-ring (bicyclic) bond motifs is 1. The zero-order valence-electron chi connectivity index (χ0n) is 13.7. The van der Waals surface area contributed by atoms with Crippen LogP contribution in [0.2, 0.25) is 0 Å². The molecule has 1 aliphatic rings. The van der Waals surface area contributed by atoms with Crippen LogP contribution in [0.3, 0.4) is 0 Å². The lowest BCUT2D eigenvalue weighted by Crippen LogP contribution is -2.43. The van der Waals surface area contributed by atoms with Crippen molar-refractivity contribution in [3.8, 4) is 11.5 Å². The second-order valence-electron chi connectivity index (χ2n) is 5.49. The van der Waals surface area contributed by atoms with Gasteiger partial charge in [0.05, 0.1) is 19.9 Å². The fraction of sp³-hybridized carbons (Fsp3) is 0.235. The third-order valence-corrected chi connectivity index (χ3v) is 4.13. The van der Waals surface area contributed by atoms with Gasteiger partial charge in [-0.25, -0.2) is 0 Å². The number of ether oxygens (including phenoxy) is 2. The fourth-order valence-corrected chi connectivity index (χ4v) is 2.80. The summed E-state index contributed by atoms with van der Waals surface area (Å²) >= 11 is 0. The summed E-state index contributed by atoms with van der Waals surface area (Å²) in [6, 6.07) is 7.66. The molecule has 0 radical (unpaired) electrons. The molecule has 7 heteroatoms. The van der Waals surface area contributed by atoms with Gasteiger partial charge in [-0.2, -0.15) is 0 Å². The summed E-state index contributed by atoms with van der Waals surface area (Å²) in [5, 5.41) is 1.85. The molecular weight excluding hydrogens is 306 g/mol. The van der Waals surface area contributed by atoms with Crippen LogP contribution in [0.4, 0.5) is 5.69 Å². The summed E-state index contributed by atoms with van der Waals surface area (Å²) in [5.74, 6) is 1.89. The number of hydrogen-bond acceptors (Lipinski definition) is 7. The number of aliphatic imine (C=N–C) groups is 1. The lowest BCUT2D eigenvalue weighted by molar-refractivity contribution is 0.250. The molecule has 3 rings (SSSR count). The third-order valence-electron chi connectivity index (χ3n) is 4.13. The maximum absolute atomic E-state index is 6.23. The minimum absolute atomic E-state index is 0.486. The van der Waals surface area contributed by atoms with E-state index in [1.165, 1.54) is 0 Å². The number of allylic oxidation sites excluding steroid dienone is 1. The topological polar surface area (TPSA) is 112 Å². The first kappa shape index (κ1) is 15.9. The molecule has 126 valence electrons. The number of benzene rings is 2. The number of nitrogen functional groups attached to an aromatic ring is 1. The lowest BCUT2D eigenvalue weighted by Gasteiger charge is -2.31. The molecule has 1 aliphatic heterocycles. The second-order valence-corrected chi connectivity index (χ2v) is 5.49. The maximum atomic E-state index is 6.23. The minimum atomic E-state index is -0.521. The summed E-state index contributed by atoms with van der Waals surface area (Å²) in [4.78, 5) is 5.99. The number of anilines is 1. The van der Waals surface area contributed by atoms with E-state index in [1.807, 2.05) is 29.2 Å². The van der Waals surface area contributed by atoms with Crippen molar-refractivity contribution in [2.45, 2.75) is 12.8 Å². The number of hydrogen-bond donors (Lipinski definition) is 3. The van der Waals surface area contributed by atoms with E-state index in [1.54, 1.807) is 26.5 Å². The predicted molar refractivity (Wildman–Crippen MR) is 95.7 cm³/mol. The van der Waals surface area contributed by atoms with Gasteiger partial charge in [0.25, 0.3) is 0 Å². The Kier molecular flexibility index (Phi) is 4.18. The van der Waals surface area contributed by atoms with Crippen molar-refractivity contribution in [3.63, 3.8) is 0 Å². The Bertz CT molecular complexity index is 831. The largest absolute Gasteiger partial charge is 0.497 e. The highest BCUT2D eigenvalue weighted by Gasteiger charge is 2.20. The first-order chi connectivity index (χ1) is 11.5. The average Bonchev–Trinajstić information content (AvgIpc) is 2.59. The zero-order valence-corrected chi connectivity index (χ0v) is 13.7. The van der Waals surface area contributed by atoms with Gasteiger partial charge in [0.2, 0.25) is 0 Å². The molecule has 2 aromatic carbocycles. The van der Waals surface area contributed by atoms with Gasteiger partial charge in [-0.1, -0.05) is 6.07 Å². The van der Waals surface area contributed by atoms with E-state index in [0.717, 1.165) is 22.1 Å². The van der Waals surface area contributed by atoms with Crippen molar-refractivity contribution in [3.05, 3.63) is 41.7 Å². The molecular formula is C17H21N5O2. The quantitative estimate of drug-likeness (QED) is 0.731. The monoisotopic (exact) mass is 327 g/mol. The average molecular weight is 327 g/mol. The van der Waals surface area contributed by atoms with Crippen molar-refractivity contribution in [1.82, 2.24) is 4.90 Å². The summed E-state index contributed by atoms with van der Waals surface area (Å²) in [5.41, 5.74) is 19.9. The van der Waals surface area contributed by atoms with E-state index >= 15 is 0 Å². The normalized spacial score (nSPS) is 17.0. The molecule has 0 amide bonds. The first-order valence-electron chi connectivity index (χ1n) is 7.49. The fourth-order valence-electron chi connectivity index (χ4n) is 2.80. The summed E-state index contributed by atoms with van der Waals surface area (Å²) in [6.45, 7) is 0.486. The molecule has 1 heterocycles. The van der Waals surface area contributed by atoms with Crippen molar-refractivity contribution in [1.29, 1.82) is 0 Å². The minimum Gasteiger partial charge on any atom is -0.497 e. The number of nitrogens with zero attached hydrogens (tertiary/aromatic N) is 2. The Labute approximate surface area is 140 Å². The Hall–Kier alpha value is -2.93. The molecule has 0 spiro atoms. The van der Waals surface area contributed by atoms with E-state index in [9.17, 15) is 0 Å². The zero-order chi connectivity index (χ0) is 17.3. The smallest absolute Gasteiger partial charge is 0.175 e. The lowest BCUT2D eigenvalue weighted by atomic mass is 10.0. The van der Waals surface area contributed by atoms with Crippen LogP contribution < -0.4 is 26.7 Å². The van der Waals surface area contributed by atoms with Gasteiger partial charge in [-0.05, 0) is 35.2 Å². The van der Waals surface area contributed by atoms with Gasteiger partial charge in [0.15, 0.2) is 6.29 Å². The molecule has 1 atom stereocenters.